The number of carbonyl (C=O) groups excluding carboxylic acids is 1. The maximum atomic E-state index is 13.4. The molecule has 0 spiro atoms. The van der Waals surface area contributed by atoms with Crippen LogP contribution in [0.2, 0.25) is 5.02 Å². The van der Waals surface area contributed by atoms with Crippen LogP contribution in [-0.4, -0.2) is 50.9 Å². The average Bonchev–Trinajstić information content (AvgIpc) is 3.63. The molecule has 3 heterocycles. The van der Waals surface area contributed by atoms with Gasteiger partial charge in [-0.05, 0) is 55.0 Å². The fraction of sp³-hybridized carbons (Fsp3) is 0.167. The lowest BCUT2D eigenvalue weighted by Crippen LogP contribution is -2.39. The molecule has 7 nitrogen and oxygen atoms in total. The number of ether oxygens (including phenoxy) is 1. The highest BCUT2D eigenvalue weighted by Crippen LogP contribution is 2.38. The van der Waals surface area contributed by atoms with E-state index in [4.69, 9.17) is 33.7 Å². The summed E-state index contributed by atoms with van der Waals surface area (Å²) in [7, 11) is -3.16. The van der Waals surface area contributed by atoms with Crippen molar-refractivity contribution in [1.82, 2.24) is 14.7 Å². The van der Waals surface area contributed by atoms with Crippen molar-refractivity contribution in [2.24, 2.45) is 0 Å². The number of amides is 1. The molecule has 1 amide bonds. The van der Waals surface area contributed by atoms with E-state index in [1.807, 2.05) is 85.1 Å². The number of thioether (sulfide) groups is 1. The Morgan fingerprint density at radius 3 is 2.49 bits per heavy atom. The second-order valence-electron chi connectivity index (χ2n) is 9.73. The van der Waals surface area contributed by atoms with Crippen molar-refractivity contribution < 1.29 is 17.9 Å². The Labute approximate surface area is 252 Å². The van der Waals surface area contributed by atoms with Crippen molar-refractivity contribution in [1.29, 1.82) is 0 Å². The molecule has 0 radical (unpaired) electrons. The third kappa shape index (κ3) is 5.97. The maximum Gasteiger partial charge on any atom is 0.266 e. The van der Waals surface area contributed by atoms with E-state index < -0.39 is 15.9 Å². The number of benzene rings is 3. The Hall–Kier alpha value is -3.44. The number of sulfone groups is 1. The number of hydrogen-bond acceptors (Lipinski definition) is 7. The third-order valence-electron chi connectivity index (χ3n) is 6.93. The Morgan fingerprint density at radius 1 is 1.05 bits per heavy atom. The molecule has 1 atom stereocenters. The van der Waals surface area contributed by atoms with E-state index in [1.54, 1.807) is 10.8 Å². The molecule has 0 aliphatic carbocycles. The number of halogens is 1. The number of nitrogens with zero attached hydrogens (tertiary/aromatic N) is 3. The molecule has 4 aromatic rings. The number of thiocarbonyl (C=S) groups is 1. The van der Waals surface area contributed by atoms with Crippen LogP contribution in [0.5, 0.6) is 5.75 Å². The minimum Gasteiger partial charge on any atom is -0.489 e. The highest BCUT2D eigenvalue weighted by atomic mass is 35.5. The normalized spacial score (nSPS) is 19.3. The summed E-state index contributed by atoms with van der Waals surface area (Å²) in [5.41, 5.74) is 4.03. The zero-order valence-corrected chi connectivity index (χ0v) is 24.8. The van der Waals surface area contributed by atoms with E-state index in [0.29, 0.717) is 38.7 Å². The Kier molecular flexibility index (Phi) is 7.74. The molecule has 2 fully saturated rings. The van der Waals surface area contributed by atoms with E-state index >= 15 is 0 Å². The first kappa shape index (κ1) is 27.7. The van der Waals surface area contributed by atoms with Crippen LogP contribution in [-0.2, 0) is 21.2 Å². The van der Waals surface area contributed by atoms with E-state index in [0.717, 1.165) is 22.4 Å². The van der Waals surface area contributed by atoms with Crippen LogP contribution in [0.15, 0.2) is 90.0 Å². The summed E-state index contributed by atoms with van der Waals surface area (Å²) < 4.78 is 32.2. The zero-order valence-electron chi connectivity index (χ0n) is 21.6. The second kappa shape index (κ2) is 11.4. The average molecular weight is 622 g/mol. The molecule has 2 aliphatic heterocycles. The highest BCUT2D eigenvalue weighted by Gasteiger charge is 2.42. The monoisotopic (exact) mass is 621 g/mol. The van der Waals surface area contributed by atoms with Gasteiger partial charge in [-0.3, -0.25) is 9.69 Å². The van der Waals surface area contributed by atoms with Crippen LogP contribution in [0.3, 0.4) is 0 Å². The van der Waals surface area contributed by atoms with E-state index in [9.17, 15) is 13.2 Å². The minimum atomic E-state index is -3.16. The van der Waals surface area contributed by atoms with Gasteiger partial charge in [-0.1, -0.05) is 72.0 Å². The van der Waals surface area contributed by atoms with Crippen molar-refractivity contribution in [2.45, 2.75) is 19.1 Å². The van der Waals surface area contributed by atoms with Crippen LogP contribution in [0.25, 0.3) is 23.0 Å². The fourth-order valence-corrected chi connectivity index (χ4v) is 8.11. The van der Waals surface area contributed by atoms with Gasteiger partial charge < -0.3 is 4.74 Å². The summed E-state index contributed by atoms with van der Waals surface area (Å²) in [6, 6.07) is 24.4. The quantitative estimate of drug-likeness (QED) is 0.181. The summed E-state index contributed by atoms with van der Waals surface area (Å²) in [5.74, 6) is 0.420. The molecule has 2 saturated heterocycles. The van der Waals surface area contributed by atoms with Crippen molar-refractivity contribution in [3.63, 3.8) is 0 Å². The first-order valence-corrected chi connectivity index (χ1v) is 16.3. The van der Waals surface area contributed by atoms with E-state index in [1.165, 1.54) is 16.7 Å². The lowest BCUT2D eigenvalue weighted by Gasteiger charge is -2.20. The smallest absolute Gasteiger partial charge is 0.266 e. The Morgan fingerprint density at radius 2 is 1.78 bits per heavy atom. The van der Waals surface area contributed by atoms with Gasteiger partial charge in [-0.15, -0.1) is 0 Å². The summed E-state index contributed by atoms with van der Waals surface area (Å²) in [4.78, 5) is 15.3. The number of carbonyl (C=O) groups is 1. The summed E-state index contributed by atoms with van der Waals surface area (Å²) >= 11 is 12.9. The SMILES string of the molecule is O=C1C(=Cc2cn(-c3ccccc3)nc2-c2ccc(OCc3ccccc3Cl)cc2)SC(=S)N1C1CCS(=O)(=O)C1. The lowest BCUT2D eigenvalue weighted by atomic mass is 10.1. The van der Waals surface area contributed by atoms with Gasteiger partial charge in [0.15, 0.2) is 9.84 Å². The molecule has 208 valence electrons. The predicted octanol–water partition coefficient (Wildman–Crippen LogP) is 6.16. The molecule has 0 N–H and O–H groups in total. The number of aromatic nitrogens is 2. The molecule has 3 aromatic carbocycles. The van der Waals surface area contributed by atoms with Gasteiger partial charge in [0.05, 0.1) is 33.8 Å². The van der Waals surface area contributed by atoms with Gasteiger partial charge in [-0.2, -0.15) is 5.10 Å². The molecular weight excluding hydrogens is 598 g/mol. The first-order valence-electron chi connectivity index (χ1n) is 12.9. The third-order valence-corrected chi connectivity index (χ3v) is 10.4. The van der Waals surface area contributed by atoms with Crippen LogP contribution in [0.1, 0.15) is 17.5 Å². The van der Waals surface area contributed by atoms with Gasteiger partial charge in [0.1, 0.15) is 16.7 Å². The molecule has 1 aromatic heterocycles. The van der Waals surface area contributed by atoms with Gasteiger partial charge in [-0.25, -0.2) is 13.1 Å². The zero-order chi connectivity index (χ0) is 28.6. The standard InChI is InChI=1S/C30H24ClN3O4S3/c31-26-9-5-4-6-21(26)18-38-25-12-10-20(11-13-25)28-22(17-33(32-28)23-7-2-1-3-8-23)16-27-29(35)34(30(39)40-27)24-14-15-41(36,37)19-24/h1-13,16-17,24H,14-15,18-19H2. The Balaban J connectivity index is 1.30. The summed E-state index contributed by atoms with van der Waals surface area (Å²) in [6.07, 6.45) is 4.05. The van der Waals surface area contributed by atoms with E-state index in [2.05, 4.69) is 0 Å². The van der Waals surface area contributed by atoms with Crippen LogP contribution >= 0.6 is 35.6 Å². The molecule has 11 heteroatoms. The largest absolute Gasteiger partial charge is 0.489 e. The van der Waals surface area contributed by atoms with Gasteiger partial charge in [0.2, 0.25) is 0 Å². The topological polar surface area (TPSA) is 81.5 Å². The van der Waals surface area contributed by atoms with Crippen molar-refractivity contribution in [2.75, 3.05) is 11.5 Å². The van der Waals surface area contributed by atoms with Crippen molar-refractivity contribution in [3.8, 4) is 22.7 Å². The molecule has 0 bridgehead atoms. The van der Waals surface area contributed by atoms with Crippen molar-refractivity contribution in [3.05, 3.63) is 106 Å². The van der Waals surface area contributed by atoms with Crippen molar-refractivity contribution >= 4 is 61.7 Å². The molecular formula is C30H24ClN3O4S3. The molecule has 6 rings (SSSR count). The first-order chi connectivity index (χ1) is 19.8. The van der Waals surface area contributed by atoms with Gasteiger partial charge in [0.25, 0.3) is 5.91 Å². The van der Waals surface area contributed by atoms with Gasteiger partial charge >= 0.3 is 0 Å². The van der Waals surface area contributed by atoms with Crippen LogP contribution < -0.4 is 4.74 Å². The minimum absolute atomic E-state index is 0.0607. The molecule has 0 saturated carbocycles. The Bertz CT molecular complexity index is 1770. The highest BCUT2D eigenvalue weighted by molar-refractivity contribution is 8.26. The van der Waals surface area contributed by atoms with Crippen LogP contribution in [0.4, 0.5) is 0 Å². The second-order valence-corrected chi connectivity index (χ2v) is 14.0. The predicted molar refractivity (Wildman–Crippen MR) is 167 cm³/mol. The molecule has 1 unspecified atom stereocenters. The number of rotatable bonds is 7. The van der Waals surface area contributed by atoms with E-state index in [-0.39, 0.29) is 17.4 Å². The molecule has 41 heavy (non-hydrogen) atoms. The fourth-order valence-electron chi connectivity index (χ4n) is 4.83. The lowest BCUT2D eigenvalue weighted by molar-refractivity contribution is -0.123. The maximum absolute atomic E-state index is 13.4. The van der Waals surface area contributed by atoms with Gasteiger partial charge in [0, 0.05) is 27.9 Å². The number of hydrogen-bond donors (Lipinski definition) is 0. The van der Waals surface area contributed by atoms with Crippen LogP contribution in [0, 0.1) is 0 Å². The summed E-state index contributed by atoms with van der Waals surface area (Å²) in [6.45, 7) is 0.344. The molecule has 2 aliphatic rings. The number of para-hydroxylation sites is 1. The summed E-state index contributed by atoms with van der Waals surface area (Å²) in [5, 5.41) is 5.51.